The smallest absolute Gasteiger partial charge is 0.234 e. The maximum Gasteiger partial charge on any atom is 0.234 e. The number of amides is 1. The maximum absolute atomic E-state index is 12.0. The Hall–Kier alpha value is -0.610. The Kier molecular flexibility index (Phi) is 6.30. The molecule has 1 amide bonds. The third-order valence-electron chi connectivity index (χ3n) is 4.41. The normalized spacial score (nSPS) is 20.6. The number of piperidine rings is 1. The summed E-state index contributed by atoms with van der Waals surface area (Å²) in [4.78, 5) is 14.5. The molecule has 1 saturated heterocycles. The summed E-state index contributed by atoms with van der Waals surface area (Å²) in [5.41, 5.74) is 0. The van der Waals surface area contributed by atoms with Crippen LogP contribution < -0.4 is 10.6 Å². The van der Waals surface area contributed by atoms with Gasteiger partial charge in [0.25, 0.3) is 0 Å². The zero-order chi connectivity index (χ0) is 14.4. The minimum Gasteiger partial charge on any atom is -0.355 e. The van der Waals surface area contributed by atoms with E-state index in [-0.39, 0.29) is 5.91 Å². The van der Waals surface area contributed by atoms with Gasteiger partial charge < -0.3 is 10.6 Å². The largest absolute Gasteiger partial charge is 0.355 e. The summed E-state index contributed by atoms with van der Waals surface area (Å²) in [6.45, 7) is 9.21. The van der Waals surface area contributed by atoms with Gasteiger partial charge >= 0.3 is 0 Å². The number of nitrogens with zero attached hydrogens (tertiary/aromatic N) is 1. The van der Waals surface area contributed by atoms with Crippen LogP contribution in [0.25, 0.3) is 0 Å². The van der Waals surface area contributed by atoms with Crippen LogP contribution in [0.15, 0.2) is 0 Å². The molecule has 1 heterocycles. The SMILES string of the molecule is CC(C)CCNC(=O)CN(CC1CCNCC1)C1CC1. The lowest BCUT2D eigenvalue weighted by molar-refractivity contribution is -0.122. The van der Waals surface area contributed by atoms with Crippen molar-refractivity contribution in [2.75, 3.05) is 32.7 Å². The van der Waals surface area contributed by atoms with Crippen molar-refractivity contribution in [1.82, 2.24) is 15.5 Å². The first-order chi connectivity index (χ1) is 9.65. The fraction of sp³-hybridized carbons (Fsp3) is 0.938. The molecule has 0 aromatic carbocycles. The van der Waals surface area contributed by atoms with Crippen LogP contribution in [0.2, 0.25) is 0 Å². The van der Waals surface area contributed by atoms with Crippen molar-refractivity contribution in [3.8, 4) is 0 Å². The summed E-state index contributed by atoms with van der Waals surface area (Å²) >= 11 is 0. The Morgan fingerprint density at radius 3 is 2.55 bits per heavy atom. The lowest BCUT2D eigenvalue weighted by atomic mass is 9.97. The topological polar surface area (TPSA) is 44.4 Å². The Morgan fingerprint density at radius 1 is 1.25 bits per heavy atom. The van der Waals surface area contributed by atoms with E-state index >= 15 is 0 Å². The van der Waals surface area contributed by atoms with Crippen LogP contribution in [0, 0.1) is 11.8 Å². The van der Waals surface area contributed by atoms with E-state index in [4.69, 9.17) is 0 Å². The number of carbonyl (C=O) groups excluding carboxylic acids is 1. The van der Waals surface area contributed by atoms with Crippen molar-refractivity contribution < 1.29 is 4.79 Å². The van der Waals surface area contributed by atoms with Crippen LogP contribution in [0.3, 0.4) is 0 Å². The van der Waals surface area contributed by atoms with Crippen LogP contribution in [0.1, 0.15) is 46.0 Å². The van der Waals surface area contributed by atoms with Crippen LogP contribution in [0.5, 0.6) is 0 Å². The summed E-state index contributed by atoms with van der Waals surface area (Å²) in [5, 5.41) is 6.49. The molecule has 0 bridgehead atoms. The second-order valence-electron chi connectivity index (χ2n) is 6.89. The predicted molar refractivity (Wildman–Crippen MR) is 82.7 cm³/mol. The molecule has 0 spiro atoms. The number of hydrogen-bond acceptors (Lipinski definition) is 3. The fourth-order valence-corrected chi connectivity index (χ4v) is 2.92. The summed E-state index contributed by atoms with van der Waals surface area (Å²) in [6.07, 6.45) is 6.16. The molecule has 4 nitrogen and oxygen atoms in total. The molecule has 1 saturated carbocycles. The summed E-state index contributed by atoms with van der Waals surface area (Å²) in [7, 11) is 0. The highest BCUT2D eigenvalue weighted by atomic mass is 16.2. The minimum absolute atomic E-state index is 0.214. The summed E-state index contributed by atoms with van der Waals surface area (Å²) < 4.78 is 0. The molecular weight excluding hydrogens is 250 g/mol. The molecule has 2 rings (SSSR count). The van der Waals surface area contributed by atoms with Crippen LogP contribution in [-0.2, 0) is 4.79 Å². The molecule has 20 heavy (non-hydrogen) atoms. The molecule has 0 aromatic rings. The zero-order valence-electron chi connectivity index (χ0n) is 13.2. The first kappa shape index (κ1) is 15.8. The zero-order valence-corrected chi connectivity index (χ0v) is 13.2. The Balaban J connectivity index is 1.69. The van der Waals surface area contributed by atoms with Crippen LogP contribution >= 0.6 is 0 Å². The average molecular weight is 281 g/mol. The van der Waals surface area contributed by atoms with Crippen molar-refractivity contribution >= 4 is 5.91 Å². The van der Waals surface area contributed by atoms with E-state index in [0.29, 0.717) is 18.5 Å². The molecule has 0 unspecified atom stereocenters. The fourth-order valence-electron chi connectivity index (χ4n) is 2.92. The molecule has 0 radical (unpaired) electrons. The van der Waals surface area contributed by atoms with Crippen molar-refractivity contribution in [2.24, 2.45) is 11.8 Å². The van der Waals surface area contributed by atoms with Crippen molar-refractivity contribution in [3.05, 3.63) is 0 Å². The highest BCUT2D eigenvalue weighted by molar-refractivity contribution is 5.78. The summed E-state index contributed by atoms with van der Waals surface area (Å²) in [5.74, 6) is 1.65. The van der Waals surface area contributed by atoms with Gasteiger partial charge in [-0.2, -0.15) is 0 Å². The Morgan fingerprint density at radius 2 is 1.95 bits per heavy atom. The molecular formula is C16H31N3O. The number of nitrogens with one attached hydrogen (secondary N) is 2. The summed E-state index contributed by atoms with van der Waals surface area (Å²) in [6, 6.07) is 0.681. The monoisotopic (exact) mass is 281 g/mol. The maximum atomic E-state index is 12.0. The van der Waals surface area contributed by atoms with E-state index in [0.717, 1.165) is 38.5 Å². The molecule has 116 valence electrons. The van der Waals surface area contributed by atoms with Gasteiger partial charge in [-0.1, -0.05) is 13.8 Å². The minimum atomic E-state index is 0.214. The van der Waals surface area contributed by atoms with Gasteiger partial charge in [-0.05, 0) is 57.0 Å². The number of hydrogen-bond donors (Lipinski definition) is 2. The molecule has 2 aliphatic rings. The predicted octanol–water partition coefficient (Wildman–Crippen LogP) is 1.61. The van der Waals surface area contributed by atoms with Gasteiger partial charge in [-0.3, -0.25) is 9.69 Å². The van der Waals surface area contributed by atoms with Gasteiger partial charge in [0, 0.05) is 19.1 Å². The number of rotatable bonds is 8. The van der Waals surface area contributed by atoms with Gasteiger partial charge in [-0.25, -0.2) is 0 Å². The van der Waals surface area contributed by atoms with E-state index in [9.17, 15) is 4.79 Å². The lowest BCUT2D eigenvalue weighted by Gasteiger charge is -2.29. The Bertz CT molecular complexity index is 296. The molecule has 1 aliphatic heterocycles. The lowest BCUT2D eigenvalue weighted by Crippen LogP contribution is -2.43. The Labute approximate surface area is 123 Å². The van der Waals surface area contributed by atoms with E-state index in [1.165, 1.54) is 25.7 Å². The van der Waals surface area contributed by atoms with Crippen LogP contribution in [0.4, 0.5) is 0 Å². The third kappa shape index (κ3) is 5.80. The third-order valence-corrected chi connectivity index (χ3v) is 4.41. The van der Waals surface area contributed by atoms with E-state index < -0.39 is 0 Å². The molecule has 0 aromatic heterocycles. The first-order valence-electron chi connectivity index (χ1n) is 8.36. The van der Waals surface area contributed by atoms with Crippen molar-refractivity contribution in [1.29, 1.82) is 0 Å². The van der Waals surface area contributed by atoms with Crippen LogP contribution in [-0.4, -0.2) is 49.6 Å². The van der Waals surface area contributed by atoms with E-state index in [2.05, 4.69) is 29.4 Å². The van der Waals surface area contributed by atoms with Crippen molar-refractivity contribution in [2.45, 2.75) is 52.0 Å². The molecule has 2 N–H and O–H groups in total. The van der Waals surface area contributed by atoms with Gasteiger partial charge in [0.05, 0.1) is 6.54 Å². The highest BCUT2D eigenvalue weighted by Crippen LogP contribution is 2.28. The van der Waals surface area contributed by atoms with E-state index in [1.54, 1.807) is 0 Å². The molecule has 0 atom stereocenters. The average Bonchev–Trinajstić information content (AvgIpc) is 3.23. The standard InChI is InChI=1S/C16H31N3O/c1-13(2)5-10-18-16(20)12-19(15-3-4-15)11-14-6-8-17-9-7-14/h13-15,17H,3-12H2,1-2H3,(H,18,20). The van der Waals surface area contributed by atoms with Gasteiger partial charge in [-0.15, -0.1) is 0 Å². The van der Waals surface area contributed by atoms with Crippen molar-refractivity contribution in [3.63, 3.8) is 0 Å². The van der Waals surface area contributed by atoms with E-state index in [1.807, 2.05) is 0 Å². The molecule has 2 fully saturated rings. The quantitative estimate of drug-likeness (QED) is 0.710. The van der Waals surface area contributed by atoms with Gasteiger partial charge in [0.15, 0.2) is 0 Å². The van der Waals surface area contributed by atoms with Gasteiger partial charge in [0.1, 0.15) is 0 Å². The highest BCUT2D eigenvalue weighted by Gasteiger charge is 2.31. The second-order valence-corrected chi connectivity index (χ2v) is 6.89. The molecule has 4 heteroatoms. The number of carbonyl (C=O) groups is 1. The second kappa shape index (κ2) is 7.99. The first-order valence-corrected chi connectivity index (χ1v) is 8.36. The van der Waals surface area contributed by atoms with Gasteiger partial charge in [0.2, 0.25) is 5.91 Å². The molecule has 1 aliphatic carbocycles.